The van der Waals surface area contributed by atoms with Crippen LogP contribution in [0, 0.1) is 0 Å². The van der Waals surface area contributed by atoms with E-state index in [0.717, 1.165) is 36.9 Å². The van der Waals surface area contributed by atoms with Crippen LogP contribution in [0.4, 0.5) is 0 Å². The maximum Gasteiger partial charge on any atom is 0.255 e. The monoisotopic (exact) mass is 370 g/mol. The van der Waals surface area contributed by atoms with Crippen molar-refractivity contribution in [3.63, 3.8) is 0 Å². The maximum absolute atomic E-state index is 12.7. The van der Waals surface area contributed by atoms with Gasteiger partial charge in [0.2, 0.25) is 11.8 Å². The molecule has 1 saturated heterocycles. The average Bonchev–Trinajstić information content (AvgIpc) is 2.96. The van der Waals surface area contributed by atoms with Crippen molar-refractivity contribution in [3.05, 3.63) is 34.9 Å². The number of rotatable bonds is 4. The average molecular weight is 370 g/mol. The Balaban J connectivity index is 1.41. The smallest absolute Gasteiger partial charge is 0.255 e. The predicted molar refractivity (Wildman–Crippen MR) is 99.6 cm³/mol. The molecule has 1 saturated carbocycles. The molecule has 1 unspecified atom stereocenters. The molecule has 3 atom stereocenters. The van der Waals surface area contributed by atoms with Gasteiger partial charge in [0.25, 0.3) is 5.91 Å². The third-order valence-electron chi connectivity index (χ3n) is 5.90. The summed E-state index contributed by atoms with van der Waals surface area (Å²) in [5.41, 5.74) is 8.79. The summed E-state index contributed by atoms with van der Waals surface area (Å²) in [7, 11) is 0. The normalized spacial score (nSPS) is 28.3. The minimum atomic E-state index is -0.562. The first-order valence-corrected chi connectivity index (χ1v) is 9.76. The Morgan fingerprint density at radius 3 is 2.81 bits per heavy atom. The van der Waals surface area contributed by atoms with Gasteiger partial charge >= 0.3 is 0 Å². The Hall–Kier alpha value is -2.25. The molecule has 3 amide bonds. The van der Waals surface area contributed by atoms with Gasteiger partial charge in [-0.1, -0.05) is 18.6 Å². The van der Waals surface area contributed by atoms with Gasteiger partial charge in [-0.2, -0.15) is 0 Å². The second-order valence-corrected chi connectivity index (χ2v) is 7.90. The van der Waals surface area contributed by atoms with Crippen molar-refractivity contribution >= 4 is 17.7 Å². The van der Waals surface area contributed by atoms with E-state index in [1.807, 2.05) is 12.1 Å². The molecule has 27 heavy (non-hydrogen) atoms. The lowest BCUT2D eigenvalue weighted by Crippen LogP contribution is -2.52. The van der Waals surface area contributed by atoms with Crippen LogP contribution in [0.25, 0.3) is 0 Å². The first kappa shape index (κ1) is 18.1. The standard InChI is InChI=1S/C20H26N4O3/c21-14-2-1-3-15(9-14)22-10-12-4-5-16-13(8-12)11-24(20(16)27)17-6-7-18(25)23-19(17)26/h4-5,8,14-15,17,22H,1-3,6-7,9-11,21H2,(H,23,25,26)/t14-,15+,17?/m1/s1. The predicted octanol–water partition coefficient (Wildman–Crippen LogP) is 0.807. The Kier molecular flexibility index (Phi) is 4.97. The highest BCUT2D eigenvalue weighted by Gasteiger charge is 2.39. The van der Waals surface area contributed by atoms with Crippen LogP contribution in [-0.4, -0.2) is 40.7 Å². The lowest BCUT2D eigenvalue weighted by molar-refractivity contribution is -0.136. The first-order valence-electron chi connectivity index (χ1n) is 9.76. The number of imide groups is 1. The lowest BCUT2D eigenvalue weighted by atomic mass is 9.91. The number of benzene rings is 1. The molecule has 2 heterocycles. The molecule has 3 aliphatic rings. The highest BCUT2D eigenvalue weighted by atomic mass is 16.2. The van der Waals surface area contributed by atoms with Crippen molar-refractivity contribution in [3.8, 4) is 0 Å². The fraction of sp³-hybridized carbons (Fsp3) is 0.550. The van der Waals surface area contributed by atoms with Crippen molar-refractivity contribution in [2.75, 3.05) is 0 Å². The molecular weight excluding hydrogens is 344 g/mol. The topological polar surface area (TPSA) is 105 Å². The number of hydrogen-bond donors (Lipinski definition) is 3. The molecule has 1 aliphatic carbocycles. The van der Waals surface area contributed by atoms with Gasteiger partial charge in [-0.25, -0.2) is 0 Å². The van der Waals surface area contributed by atoms with Gasteiger partial charge < -0.3 is 16.0 Å². The van der Waals surface area contributed by atoms with Crippen LogP contribution < -0.4 is 16.4 Å². The van der Waals surface area contributed by atoms with E-state index in [2.05, 4.69) is 16.7 Å². The van der Waals surface area contributed by atoms with Crippen molar-refractivity contribution in [2.45, 2.75) is 69.7 Å². The molecule has 144 valence electrons. The number of nitrogens with two attached hydrogens (primary N) is 1. The van der Waals surface area contributed by atoms with Crippen molar-refractivity contribution in [2.24, 2.45) is 5.73 Å². The second kappa shape index (κ2) is 7.40. The number of carbonyl (C=O) groups is 3. The molecule has 0 radical (unpaired) electrons. The molecule has 0 bridgehead atoms. The SMILES string of the molecule is N[C@@H]1CCC[C@H](NCc2ccc3c(c2)CN(C2CCC(=O)NC2=O)C3=O)C1. The summed E-state index contributed by atoms with van der Waals surface area (Å²) in [4.78, 5) is 37.8. The summed E-state index contributed by atoms with van der Waals surface area (Å²) < 4.78 is 0. The third-order valence-corrected chi connectivity index (χ3v) is 5.90. The molecule has 4 N–H and O–H groups in total. The van der Waals surface area contributed by atoms with E-state index in [1.165, 1.54) is 6.42 Å². The van der Waals surface area contributed by atoms with Gasteiger partial charge in [0.1, 0.15) is 6.04 Å². The lowest BCUT2D eigenvalue weighted by Gasteiger charge is -2.29. The molecule has 7 nitrogen and oxygen atoms in total. The minimum absolute atomic E-state index is 0.128. The van der Waals surface area contributed by atoms with E-state index in [0.29, 0.717) is 24.6 Å². The van der Waals surface area contributed by atoms with Crippen molar-refractivity contribution < 1.29 is 14.4 Å². The number of piperidine rings is 1. The molecule has 1 aromatic carbocycles. The summed E-state index contributed by atoms with van der Waals surface area (Å²) in [6.45, 7) is 1.17. The molecular formula is C20H26N4O3. The van der Waals surface area contributed by atoms with E-state index in [9.17, 15) is 14.4 Å². The number of amides is 3. The fourth-order valence-corrected chi connectivity index (χ4v) is 4.41. The number of hydrogen-bond acceptors (Lipinski definition) is 5. The van der Waals surface area contributed by atoms with E-state index in [1.54, 1.807) is 4.90 Å². The third kappa shape index (κ3) is 3.75. The van der Waals surface area contributed by atoms with Crippen LogP contribution >= 0.6 is 0 Å². The molecule has 0 aromatic heterocycles. The summed E-state index contributed by atoms with van der Waals surface area (Å²) in [5, 5.41) is 5.91. The van der Waals surface area contributed by atoms with Crippen LogP contribution in [0.5, 0.6) is 0 Å². The minimum Gasteiger partial charge on any atom is -0.328 e. The summed E-state index contributed by atoms with van der Waals surface area (Å²) in [6, 6.07) is 6.05. The Morgan fingerprint density at radius 2 is 2.04 bits per heavy atom. The van der Waals surface area contributed by atoms with Crippen molar-refractivity contribution in [1.82, 2.24) is 15.5 Å². The van der Waals surface area contributed by atoms with E-state index >= 15 is 0 Å². The molecule has 2 fully saturated rings. The van der Waals surface area contributed by atoms with Gasteiger partial charge in [0.05, 0.1) is 0 Å². The number of nitrogens with zero attached hydrogens (tertiary/aromatic N) is 1. The molecule has 1 aromatic rings. The van der Waals surface area contributed by atoms with Crippen LogP contribution in [0.2, 0.25) is 0 Å². The Labute approximate surface area is 158 Å². The zero-order valence-electron chi connectivity index (χ0n) is 15.4. The van der Waals surface area contributed by atoms with Crippen LogP contribution in [0.1, 0.15) is 60.0 Å². The van der Waals surface area contributed by atoms with E-state index in [4.69, 9.17) is 5.73 Å². The Bertz CT molecular complexity index is 778. The van der Waals surface area contributed by atoms with E-state index < -0.39 is 6.04 Å². The molecule has 0 spiro atoms. The highest BCUT2D eigenvalue weighted by molar-refractivity contribution is 6.05. The second-order valence-electron chi connectivity index (χ2n) is 7.90. The fourth-order valence-electron chi connectivity index (χ4n) is 4.41. The highest BCUT2D eigenvalue weighted by Crippen LogP contribution is 2.28. The zero-order chi connectivity index (χ0) is 19.0. The molecule has 4 rings (SSSR count). The molecule has 7 heteroatoms. The number of nitrogens with one attached hydrogen (secondary N) is 2. The maximum atomic E-state index is 12.7. The van der Waals surface area contributed by atoms with Gasteiger partial charge in [0.15, 0.2) is 0 Å². The van der Waals surface area contributed by atoms with Crippen molar-refractivity contribution in [1.29, 1.82) is 0 Å². The number of fused-ring (bicyclic) bond motifs is 1. The Morgan fingerprint density at radius 1 is 1.19 bits per heavy atom. The summed E-state index contributed by atoms with van der Waals surface area (Å²) in [5.74, 6) is -0.767. The van der Waals surface area contributed by atoms with Gasteiger partial charge in [0, 0.05) is 37.2 Å². The molecule has 2 aliphatic heterocycles. The van der Waals surface area contributed by atoms with Crippen LogP contribution in [-0.2, 0) is 22.7 Å². The van der Waals surface area contributed by atoms with E-state index in [-0.39, 0.29) is 30.2 Å². The van der Waals surface area contributed by atoms with Crippen LogP contribution in [0.15, 0.2) is 18.2 Å². The summed E-state index contributed by atoms with van der Waals surface area (Å²) >= 11 is 0. The van der Waals surface area contributed by atoms with Gasteiger partial charge in [-0.3, -0.25) is 19.7 Å². The first-order chi connectivity index (χ1) is 13.0. The van der Waals surface area contributed by atoms with Gasteiger partial charge in [-0.15, -0.1) is 0 Å². The largest absolute Gasteiger partial charge is 0.328 e. The zero-order valence-corrected chi connectivity index (χ0v) is 15.4. The summed E-state index contributed by atoms with van der Waals surface area (Å²) in [6.07, 6.45) is 5.09. The van der Waals surface area contributed by atoms with Gasteiger partial charge in [-0.05, 0) is 42.9 Å². The van der Waals surface area contributed by atoms with Crippen LogP contribution in [0.3, 0.4) is 0 Å². The quantitative estimate of drug-likeness (QED) is 0.680. The number of carbonyl (C=O) groups excluding carboxylic acids is 3.